The predicted octanol–water partition coefficient (Wildman–Crippen LogP) is 4.61. The Morgan fingerprint density at radius 2 is 1.88 bits per heavy atom. The van der Waals surface area contributed by atoms with Crippen LogP contribution in [0.4, 0.5) is 13.2 Å². The summed E-state index contributed by atoms with van der Waals surface area (Å²) in [5.41, 5.74) is 1.95. The Morgan fingerprint density at radius 1 is 1.04 bits per heavy atom. The second-order valence-corrected chi connectivity index (χ2v) is 6.68. The molecule has 0 radical (unpaired) electrons. The van der Waals surface area contributed by atoms with E-state index in [0.29, 0.717) is 13.1 Å². The molecule has 0 saturated carbocycles. The number of aromatic amines is 1. The van der Waals surface area contributed by atoms with Gasteiger partial charge in [-0.2, -0.15) is 0 Å². The molecule has 134 valence electrons. The number of halogens is 3. The molecule has 1 fully saturated rings. The minimum absolute atomic E-state index is 0.0912. The van der Waals surface area contributed by atoms with Crippen molar-refractivity contribution in [3.05, 3.63) is 71.2 Å². The summed E-state index contributed by atoms with van der Waals surface area (Å²) in [6, 6.07) is 9.69. The number of benzene rings is 2. The number of hydrogen-bond acceptors (Lipinski definition) is 1. The fourth-order valence-corrected chi connectivity index (χ4v) is 3.57. The number of rotatable bonds is 2. The lowest BCUT2D eigenvalue weighted by atomic mass is 9.94. The molecule has 1 aromatic heterocycles. The Kier molecular flexibility index (Phi) is 4.18. The van der Waals surface area contributed by atoms with Crippen LogP contribution in [0, 0.1) is 17.5 Å². The average Bonchev–Trinajstić information content (AvgIpc) is 3.06. The second kappa shape index (κ2) is 6.52. The molecule has 0 bridgehead atoms. The molecule has 2 aromatic carbocycles. The second-order valence-electron chi connectivity index (χ2n) is 6.68. The van der Waals surface area contributed by atoms with Crippen LogP contribution in [0.1, 0.15) is 34.8 Å². The number of piperidine rings is 1. The highest BCUT2D eigenvalue weighted by Gasteiger charge is 2.27. The van der Waals surface area contributed by atoms with Gasteiger partial charge in [0.05, 0.1) is 0 Å². The fraction of sp³-hybridized carbons (Fsp3) is 0.250. The molecule has 1 unspecified atom stereocenters. The van der Waals surface area contributed by atoms with Gasteiger partial charge in [0.25, 0.3) is 5.91 Å². The molecule has 1 aliphatic rings. The van der Waals surface area contributed by atoms with Crippen LogP contribution < -0.4 is 0 Å². The molecule has 1 aliphatic heterocycles. The maximum Gasteiger partial charge on any atom is 0.253 e. The van der Waals surface area contributed by atoms with Gasteiger partial charge in [0, 0.05) is 41.2 Å². The number of fused-ring (bicyclic) bond motifs is 1. The SMILES string of the molecule is O=C(c1ccc(F)c(F)c1)N1CCCC(c2cc3cc(F)ccc3[nH]2)C1. The Labute approximate surface area is 148 Å². The first-order valence-corrected chi connectivity index (χ1v) is 8.54. The topological polar surface area (TPSA) is 36.1 Å². The largest absolute Gasteiger partial charge is 0.358 e. The standard InChI is InChI=1S/C20H17F3N2O/c21-15-4-6-18-14(8-15)10-19(24-18)13-2-1-7-25(11-13)20(26)12-3-5-16(22)17(23)9-12/h3-6,8-10,13,24H,1-2,7,11H2. The van der Waals surface area contributed by atoms with E-state index in [2.05, 4.69) is 4.98 Å². The van der Waals surface area contributed by atoms with Gasteiger partial charge in [-0.25, -0.2) is 13.2 Å². The van der Waals surface area contributed by atoms with Crippen LogP contribution >= 0.6 is 0 Å². The zero-order chi connectivity index (χ0) is 18.3. The molecule has 1 saturated heterocycles. The van der Waals surface area contributed by atoms with Crippen molar-refractivity contribution in [3.8, 4) is 0 Å². The van der Waals surface area contributed by atoms with Gasteiger partial charge in [-0.15, -0.1) is 0 Å². The van der Waals surface area contributed by atoms with Crippen molar-refractivity contribution in [2.24, 2.45) is 0 Å². The summed E-state index contributed by atoms with van der Waals surface area (Å²) in [7, 11) is 0. The Bertz CT molecular complexity index is 982. The van der Waals surface area contributed by atoms with E-state index in [1.807, 2.05) is 6.07 Å². The summed E-state index contributed by atoms with van der Waals surface area (Å²) >= 11 is 0. The maximum atomic E-state index is 13.4. The summed E-state index contributed by atoms with van der Waals surface area (Å²) in [6.45, 7) is 1.05. The van der Waals surface area contributed by atoms with Crippen molar-refractivity contribution in [2.75, 3.05) is 13.1 Å². The summed E-state index contributed by atoms with van der Waals surface area (Å²) in [6.07, 6.45) is 1.71. The molecule has 2 heterocycles. The zero-order valence-electron chi connectivity index (χ0n) is 13.9. The highest BCUT2D eigenvalue weighted by Crippen LogP contribution is 2.30. The molecule has 1 atom stereocenters. The normalized spacial score (nSPS) is 17.7. The summed E-state index contributed by atoms with van der Waals surface area (Å²) in [5.74, 6) is -2.50. The minimum atomic E-state index is -1.03. The van der Waals surface area contributed by atoms with E-state index in [1.165, 1.54) is 18.2 Å². The smallest absolute Gasteiger partial charge is 0.253 e. The van der Waals surface area contributed by atoms with Crippen LogP contribution in [0.5, 0.6) is 0 Å². The zero-order valence-corrected chi connectivity index (χ0v) is 13.9. The summed E-state index contributed by atoms with van der Waals surface area (Å²) < 4.78 is 39.9. The number of nitrogens with one attached hydrogen (secondary N) is 1. The van der Waals surface area contributed by atoms with E-state index in [-0.39, 0.29) is 23.2 Å². The van der Waals surface area contributed by atoms with Crippen molar-refractivity contribution < 1.29 is 18.0 Å². The van der Waals surface area contributed by atoms with Gasteiger partial charge in [0.15, 0.2) is 11.6 Å². The predicted molar refractivity (Wildman–Crippen MR) is 92.5 cm³/mol. The van der Waals surface area contributed by atoms with Crippen LogP contribution in [-0.4, -0.2) is 28.9 Å². The number of aromatic nitrogens is 1. The van der Waals surface area contributed by atoms with Gasteiger partial charge in [-0.3, -0.25) is 4.79 Å². The molecular formula is C20H17F3N2O. The van der Waals surface area contributed by atoms with Crippen molar-refractivity contribution >= 4 is 16.8 Å². The lowest BCUT2D eigenvalue weighted by Crippen LogP contribution is -2.39. The summed E-state index contributed by atoms with van der Waals surface area (Å²) in [5, 5.41) is 0.795. The van der Waals surface area contributed by atoms with E-state index >= 15 is 0 Å². The van der Waals surface area contributed by atoms with Crippen LogP contribution in [0.2, 0.25) is 0 Å². The molecule has 26 heavy (non-hydrogen) atoms. The Hall–Kier alpha value is -2.76. The van der Waals surface area contributed by atoms with Gasteiger partial charge in [-0.1, -0.05) is 0 Å². The molecule has 3 nitrogen and oxygen atoms in total. The van der Waals surface area contributed by atoms with Crippen LogP contribution in [0.15, 0.2) is 42.5 Å². The third kappa shape index (κ3) is 3.07. The van der Waals surface area contributed by atoms with E-state index in [4.69, 9.17) is 0 Å². The first-order valence-electron chi connectivity index (χ1n) is 8.54. The highest BCUT2D eigenvalue weighted by atomic mass is 19.2. The van der Waals surface area contributed by atoms with Crippen molar-refractivity contribution in [1.29, 1.82) is 0 Å². The number of carbonyl (C=O) groups is 1. The van der Waals surface area contributed by atoms with Crippen LogP contribution in [-0.2, 0) is 0 Å². The molecular weight excluding hydrogens is 341 g/mol. The first kappa shape index (κ1) is 16.7. The molecule has 1 N–H and O–H groups in total. The van der Waals surface area contributed by atoms with Gasteiger partial charge in [0.1, 0.15) is 5.82 Å². The minimum Gasteiger partial charge on any atom is -0.358 e. The fourth-order valence-electron chi connectivity index (χ4n) is 3.57. The number of H-pyrrole nitrogens is 1. The molecule has 1 amide bonds. The van der Waals surface area contributed by atoms with Gasteiger partial charge < -0.3 is 9.88 Å². The quantitative estimate of drug-likeness (QED) is 0.714. The average molecular weight is 358 g/mol. The lowest BCUT2D eigenvalue weighted by molar-refractivity contribution is 0.0705. The molecule has 6 heteroatoms. The van der Waals surface area contributed by atoms with Crippen molar-refractivity contribution in [2.45, 2.75) is 18.8 Å². The molecule has 0 aliphatic carbocycles. The van der Waals surface area contributed by atoms with Gasteiger partial charge >= 0.3 is 0 Å². The van der Waals surface area contributed by atoms with Gasteiger partial charge in [-0.05, 0) is 55.3 Å². The Balaban J connectivity index is 1.56. The lowest BCUT2D eigenvalue weighted by Gasteiger charge is -2.32. The molecule has 4 rings (SSSR count). The van der Waals surface area contributed by atoms with Crippen molar-refractivity contribution in [3.63, 3.8) is 0 Å². The number of carbonyl (C=O) groups excluding carboxylic acids is 1. The highest BCUT2D eigenvalue weighted by molar-refractivity contribution is 5.94. The third-order valence-electron chi connectivity index (χ3n) is 4.92. The van der Waals surface area contributed by atoms with Crippen molar-refractivity contribution in [1.82, 2.24) is 9.88 Å². The molecule has 3 aromatic rings. The van der Waals surface area contributed by atoms with Crippen LogP contribution in [0.3, 0.4) is 0 Å². The molecule has 0 spiro atoms. The number of likely N-dealkylation sites (tertiary alicyclic amines) is 1. The number of nitrogens with zero attached hydrogens (tertiary/aromatic N) is 1. The Morgan fingerprint density at radius 3 is 2.69 bits per heavy atom. The van der Waals surface area contributed by atoms with Crippen LogP contribution in [0.25, 0.3) is 10.9 Å². The number of hydrogen-bond donors (Lipinski definition) is 1. The van der Waals surface area contributed by atoms with Gasteiger partial charge in [0.2, 0.25) is 0 Å². The van der Waals surface area contributed by atoms with E-state index < -0.39 is 11.6 Å². The maximum absolute atomic E-state index is 13.4. The monoisotopic (exact) mass is 358 g/mol. The first-order chi connectivity index (χ1) is 12.5. The van der Waals surface area contributed by atoms with E-state index in [9.17, 15) is 18.0 Å². The number of amides is 1. The van der Waals surface area contributed by atoms with E-state index in [0.717, 1.165) is 41.6 Å². The third-order valence-corrected chi connectivity index (χ3v) is 4.92. The summed E-state index contributed by atoms with van der Waals surface area (Å²) in [4.78, 5) is 17.6. The van der Waals surface area contributed by atoms with E-state index in [1.54, 1.807) is 11.0 Å².